The maximum absolute atomic E-state index is 12.4. The van der Waals surface area contributed by atoms with E-state index < -0.39 is 28.6 Å². The van der Waals surface area contributed by atoms with Crippen molar-refractivity contribution >= 4 is 16.9 Å². The number of hydrogen-bond acceptors (Lipinski definition) is 3. The number of pyridine rings is 1. The highest BCUT2D eigenvalue weighted by atomic mass is 32.2. The molecule has 2 nitrogen and oxygen atoms in total. The first-order valence-corrected chi connectivity index (χ1v) is 6.82. The average Bonchev–Trinajstić information content (AvgIpc) is 2.46. The van der Waals surface area contributed by atoms with E-state index in [4.69, 9.17) is 0 Å². The Bertz CT molecular complexity index is 691. The molecule has 0 fully saturated rings. The number of alkyl halides is 6. The lowest BCUT2D eigenvalue weighted by atomic mass is 10.1. The molecular weight excluding hydrogens is 344 g/mol. The summed E-state index contributed by atoms with van der Waals surface area (Å²) in [5.74, 6) is 0. The summed E-state index contributed by atoms with van der Waals surface area (Å²) < 4.78 is 74.4. The van der Waals surface area contributed by atoms with Crippen LogP contribution in [0.25, 0.3) is 0 Å². The van der Waals surface area contributed by atoms with Gasteiger partial charge in [0.1, 0.15) is 5.03 Å². The van der Waals surface area contributed by atoms with Crippen LogP contribution in [-0.4, -0.2) is 10.1 Å². The summed E-state index contributed by atoms with van der Waals surface area (Å²) >= 11 is 0.531. The van der Waals surface area contributed by atoms with E-state index in [0.717, 1.165) is 36.4 Å². The average molecular weight is 351 g/mol. The van der Waals surface area contributed by atoms with E-state index in [9.17, 15) is 31.1 Å². The second-order valence-corrected chi connectivity index (χ2v) is 5.34. The maximum atomic E-state index is 12.4. The first kappa shape index (κ1) is 17.3. The lowest BCUT2D eigenvalue weighted by molar-refractivity contribution is -0.138. The monoisotopic (exact) mass is 351 g/mol. The Morgan fingerprint density at radius 3 is 1.78 bits per heavy atom. The summed E-state index contributed by atoms with van der Waals surface area (Å²) in [6, 6.07) is 5.32. The molecule has 122 valence electrons. The lowest BCUT2D eigenvalue weighted by Crippen LogP contribution is -2.06. The summed E-state index contributed by atoms with van der Waals surface area (Å²) in [4.78, 5) is 15.4. The largest absolute Gasteiger partial charge is 0.417 e. The summed E-state index contributed by atoms with van der Waals surface area (Å²) in [6.45, 7) is 0. The molecule has 1 aromatic heterocycles. The third-order valence-corrected chi connectivity index (χ3v) is 3.58. The Kier molecular flexibility index (Phi) is 4.69. The van der Waals surface area contributed by atoms with Crippen molar-refractivity contribution in [1.82, 2.24) is 4.98 Å². The third-order valence-electron chi connectivity index (χ3n) is 2.71. The zero-order valence-electron chi connectivity index (χ0n) is 11.1. The van der Waals surface area contributed by atoms with Crippen molar-refractivity contribution < 1.29 is 31.1 Å². The van der Waals surface area contributed by atoms with Gasteiger partial charge in [-0.3, -0.25) is 4.79 Å². The van der Waals surface area contributed by atoms with Gasteiger partial charge in [0, 0.05) is 11.8 Å². The summed E-state index contributed by atoms with van der Waals surface area (Å²) in [5.41, 5.74) is -1.86. The number of rotatable bonds is 2. The molecule has 2 aromatic rings. The zero-order valence-corrected chi connectivity index (χ0v) is 11.9. The molecule has 0 bridgehead atoms. The van der Waals surface area contributed by atoms with Crippen LogP contribution in [0.1, 0.15) is 21.5 Å². The number of carbonyl (C=O) groups excluding carboxylic acids is 1. The molecule has 0 unspecified atom stereocenters. The minimum atomic E-state index is -4.53. The van der Waals surface area contributed by atoms with Crippen molar-refractivity contribution in [1.29, 1.82) is 0 Å². The summed E-state index contributed by atoms with van der Waals surface area (Å²) in [5, 5.41) is -0.603. The third kappa shape index (κ3) is 4.47. The molecule has 0 N–H and O–H groups in total. The van der Waals surface area contributed by atoms with Gasteiger partial charge in [-0.2, -0.15) is 26.3 Å². The van der Waals surface area contributed by atoms with E-state index in [-0.39, 0.29) is 10.6 Å². The van der Waals surface area contributed by atoms with Gasteiger partial charge >= 0.3 is 12.4 Å². The predicted octanol–water partition coefficient (Wildman–Crippen LogP) is 5.05. The molecule has 23 heavy (non-hydrogen) atoms. The number of halogens is 6. The van der Waals surface area contributed by atoms with Gasteiger partial charge in [-0.05, 0) is 48.2 Å². The van der Waals surface area contributed by atoms with Crippen molar-refractivity contribution in [3.8, 4) is 0 Å². The number of carbonyl (C=O) groups is 1. The van der Waals surface area contributed by atoms with Gasteiger partial charge in [0.2, 0.25) is 5.12 Å². The van der Waals surface area contributed by atoms with E-state index in [2.05, 4.69) is 4.98 Å². The molecule has 0 spiro atoms. The van der Waals surface area contributed by atoms with Crippen molar-refractivity contribution in [2.45, 2.75) is 17.4 Å². The molecule has 2 rings (SSSR count). The minimum absolute atomic E-state index is 0.00954. The number of aromatic nitrogens is 1. The summed E-state index contributed by atoms with van der Waals surface area (Å²) in [7, 11) is 0. The Morgan fingerprint density at radius 2 is 1.35 bits per heavy atom. The normalized spacial score (nSPS) is 12.3. The quantitative estimate of drug-likeness (QED) is 0.560. The van der Waals surface area contributed by atoms with Crippen LogP contribution in [0.4, 0.5) is 26.3 Å². The molecule has 0 saturated heterocycles. The first-order valence-electron chi connectivity index (χ1n) is 6.00. The number of thioether (sulfide) groups is 1. The molecule has 9 heteroatoms. The second kappa shape index (κ2) is 6.23. The highest BCUT2D eigenvalue weighted by Crippen LogP contribution is 2.31. The Labute approximate surface area is 130 Å². The van der Waals surface area contributed by atoms with E-state index in [1.807, 2.05) is 0 Å². The topological polar surface area (TPSA) is 30.0 Å². The molecule has 0 saturated carbocycles. The molecule has 0 radical (unpaired) electrons. The molecular formula is C14H7F6NOS. The lowest BCUT2D eigenvalue weighted by Gasteiger charge is -2.08. The van der Waals surface area contributed by atoms with Crippen LogP contribution in [0.5, 0.6) is 0 Å². The smallest absolute Gasteiger partial charge is 0.281 e. The van der Waals surface area contributed by atoms with Crippen LogP contribution >= 0.6 is 11.8 Å². The highest BCUT2D eigenvalue weighted by Gasteiger charge is 2.31. The van der Waals surface area contributed by atoms with Crippen LogP contribution in [0.2, 0.25) is 0 Å². The zero-order chi connectivity index (χ0) is 17.3. The molecule has 0 aliphatic carbocycles. The SMILES string of the molecule is O=C(Sc1ccc(C(F)(F)F)cn1)c1ccc(C(F)(F)F)cc1. The first-order chi connectivity index (χ1) is 10.6. The fraction of sp³-hybridized carbons (Fsp3) is 0.143. The molecule has 1 aromatic carbocycles. The van der Waals surface area contributed by atoms with Gasteiger partial charge in [-0.25, -0.2) is 4.98 Å². The van der Waals surface area contributed by atoms with Crippen LogP contribution in [0.15, 0.2) is 47.6 Å². The van der Waals surface area contributed by atoms with Crippen molar-refractivity contribution in [3.63, 3.8) is 0 Å². The van der Waals surface area contributed by atoms with Gasteiger partial charge in [-0.1, -0.05) is 0 Å². The fourth-order valence-electron chi connectivity index (χ4n) is 1.56. The standard InChI is InChI=1S/C14H7F6NOS/c15-13(16,17)9-3-1-8(2-4-9)12(22)23-11-6-5-10(7-21-11)14(18,19)20/h1-7H. The van der Waals surface area contributed by atoms with Crippen molar-refractivity contribution in [3.05, 3.63) is 59.3 Å². The maximum Gasteiger partial charge on any atom is 0.417 e. The molecule has 0 aliphatic rings. The van der Waals surface area contributed by atoms with E-state index >= 15 is 0 Å². The van der Waals surface area contributed by atoms with Gasteiger partial charge in [-0.15, -0.1) is 0 Å². The number of benzene rings is 1. The van der Waals surface area contributed by atoms with Crippen molar-refractivity contribution in [2.24, 2.45) is 0 Å². The Hall–Kier alpha value is -2.03. The van der Waals surface area contributed by atoms with Gasteiger partial charge < -0.3 is 0 Å². The molecule has 0 amide bonds. The number of nitrogens with zero attached hydrogens (tertiary/aromatic N) is 1. The fourth-order valence-corrected chi connectivity index (χ4v) is 2.24. The van der Waals surface area contributed by atoms with Gasteiger partial charge in [0.15, 0.2) is 0 Å². The van der Waals surface area contributed by atoms with Gasteiger partial charge in [0.25, 0.3) is 0 Å². The van der Waals surface area contributed by atoms with Crippen LogP contribution in [0, 0.1) is 0 Å². The van der Waals surface area contributed by atoms with E-state index in [0.29, 0.717) is 18.0 Å². The second-order valence-electron chi connectivity index (χ2n) is 4.35. The molecule has 1 heterocycles. The van der Waals surface area contributed by atoms with Crippen LogP contribution in [-0.2, 0) is 12.4 Å². The highest BCUT2D eigenvalue weighted by molar-refractivity contribution is 8.14. The number of hydrogen-bond donors (Lipinski definition) is 0. The summed E-state index contributed by atoms with van der Waals surface area (Å²) in [6.07, 6.45) is -8.46. The van der Waals surface area contributed by atoms with Crippen LogP contribution < -0.4 is 0 Å². The molecule has 0 atom stereocenters. The van der Waals surface area contributed by atoms with Gasteiger partial charge in [0.05, 0.1) is 11.1 Å². The molecule has 0 aliphatic heterocycles. The van der Waals surface area contributed by atoms with Crippen LogP contribution in [0.3, 0.4) is 0 Å². The Balaban J connectivity index is 2.10. The van der Waals surface area contributed by atoms with E-state index in [1.54, 1.807) is 0 Å². The van der Waals surface area contributed by atoms with Crippen molar-refractivity contribution in [2.75, 3.05) is 0 Å². The predicted molar refractivity (Wildman–Crippen MR) is 70.9 cm³/mol. The van der Waals surface area contributed by atoms with E-state index in [1.165, 1.54) is 0 Å². The Morgan fingerprint density at radius 1 is 0.826 bits per heavy atom. The minimum Gasteiger partial charge on any atom is -0.281 e.